The van der Waals surface area contributed by atoms with Crippen LogP contribution in [0.15, 0.2) is 24.3 Å². The van der Waals surface area contributed by atoms with E-state index < -0.39 is 21.0 Å². The second-order valence-corrected chi connectivity index (χ2v) is 7.07. The normalized spacial score (nSPS) is 20.0. The average Bonchev–Trinajstić information content (AvgIpc) is 2.37. The van der Waals surface area contributed by atoms with E-state index in [1.54, 1.807) is 0 Å². The van der Waals surface area contributed by atoms with Crippen LogP contribution in [0.2, 0.25) is 0 Å². The Bertz CT molecular complexity index is 582. The first-order chi connectivity index (χ1) is 8.89. The van der Waals surface area contributed by atoms with Gasteiger partial charge in [0.2, 0.25) is 5.91 Å². The number of ether oxygens (including phenoxy) is 1. The number of hydrogen-bond donors (Lipinski definition) is 1. The number of fused-ring (bicyclic) bond motifs is 1. The van der Waals surface area contributed by atoms with Gasteiger partial charge < -0.3 is 10.1 Å². The number of sulfone groups is 1. The van der Waals surface area contributed by atoms with Crippen molar-refractivity contribution in [2.75, 3.05) is 12.9 Å². The highest BCUT2D eigenvalue weighted by atomic mass is 32.2. The number of benzene rings is 1. The van der Waals surface area contributed by atoms with Crippen LogP contribution >= 0.6 is 0 Å². The number of rotatable bonds is 3. The highest BCUT2D eigenvalue weighted by molar-refractivity contribution is 7.92. The molecule has 0 saturated carbocycles. The van der Waals surface area contributed by atoms with Crippen molar-refractivity contribution in [3.8, 4) is 5.75 Å². The molecule has 19 heavy (non-hydrogen) atoms. The van der Waals surface area contributed by atoms with Crippen molar-refractivity contribution in [3.63, 3.8) is 0 Å². The van der Waals surface area contributed by atoms with E-state index in [1.807, 2.05) is 24.3 Å². The minimum absolute atomic E-state index is 0.193. The Hall–Kier alpha value is -1.56. The number of carbonyl (C=O) groups is 1. The molecule has 0 fully saturated rings. The van der Waals surface area contributed by atoms with Gasteiger partial charge >= 0.3 is 0 Å². The molecule has 2 rings (SSSR count). The molecule has 6 heteroatoms. The third kappa shape index (κ3) is 3.07. The summed E-state index contributed by atoms with van der Waals surface area (Å²) >= 11 is 0. The molecule has 1 heterocycles. The van der Waals surface area contributed by atoms with Gasteiger partial charge in [0.25, 0.3) is 0 Å². The van der Waals surface area contributed by atoms with Crippen molar-refractivity contribution in [1.29, 1.82) is 0 Å². The minimum Gasteiger partial charge on any atom is -0.493 e. The highest BCUT2D eigenvalue weighted by Crippen LogP contribution is 2.31. The van der Waals surface area contributed by atoms with Crippen LogP contribution in [0.25, 0.3) is 0 Å². The maximum Gasteiger partial charge on any atom is 0.238 e. The minimum atomic E-state index is -3.37. The summed E-state index contributed by atoms with van der Waals surface area (Å²) in [7, 11) is -3.37. The zero-order valence-electron chi connectivity index (χ0n) is 10.9. The van der Waals surface area contributed by atoms with E-state index in [2.05, 4.69) is 5.32 Å². The summed E-state index contributed by atoms with van der Waals surface area (Å²) in [5.74, 6) is 0.273. The molecule has 1 amide bonds. The third-order valence-corrected chi connectivity index (χ3v) is 4.78. The summed E-state index contributed by atoms with van der Waals surface area (Å²) in [6.45, 7) is 1.91. The summed E-state index contributed by atoms with van der Waals surface area (Å²) < 4.78 is 28.2. The lowest BCUT2D eigenvalue weighted by Crippen LogP contribution is -2.40. The molecular weight excluding hydrogens is 266 g/mol. The lowest BCUT2D eigenvalue weighted by molar-refractivity contribution is -0.121. The number of para-hydroxylation sites is 1. The zero-order valence-corrected chi connectivity index (χ0v) is 11.7. The summed E-state index contributed by atoms with van der Waals surface area (Å²) in [6.07, 6.45) is 1.70. The molecule has 1 aliphatic rings. The molecule has 1 aliphatic heterocycles. The maximum atomic E-state index is 11.9. The Morgan fingerprint density at radius 1 is 1.42 bits per heavy atom. The Morgan fingerprint density at radius 2 is 2.11 bits per heavy atom. The molecule has 1 N–H and O–H groups in total. The number of hydrogen-bond acceptors (Lipinski definition) is 4. The van der Waals surface area contributed by atoms with Gasteiger partial charge in [-0.1, -0.05) is 18.2 Å². The van der Waals surface area contributed by atoms with E-state index in [4.69, 9.17) is 4.74 Å². The van der Waals surface area contributed by atoms with Gasteiger partial charge in [0.05, 0.1) is 12.6 Å². The summed E-state index contributed by atoms with van der Waals surface area (Å²) in [5, 5.41) is 1.74. The van der Waals surface area contributed by atoms with E-state index >= 15 is 0 Å². The largest absolute Gasteiger partial charge is 0.493 e. The Kier molecular flexibility index (Phi) is 3.80. The Balaban J connectivity index is 2.15. The van der Waals surface area contributed by atoms with Crippen molar-refractivity contribution < 1.29 is 17.9 Å². The van der Waals surface area contributed by atoms with Gasteiger partial charge in [0, 0.05) is 18.2 Å². The molecule has 0 aliphatic carbocycles. The molecule has 0 spiro atoms. The van der Waals surface area contributed by atoms with Gasteiger partial charge in [-0.25, -0.2) is 8.42 Å². The molecule has 5 nitrogen and oxygen atoms in total. The van der Waals surface area contributed by atoms with Gasteiger partial charge in [-0.3, -0.25) is 4.79 Å². The van der Waals surface area contributed by atoms with Crippen molar-refractivity contribution in [2.45, 2.75) is 24.6 Å². The lowest BCUT2D eigenvalue weighted by Gasteiger charge is -2.27. The molecular formula is C13H17NO4S. The summed E-state index contributed by atoms with van der Waals surface area (Å²) in [6, 6.07) is 7.26. The van der Waals surface area contributed by atoms with Crippen molar-refractivity contribution in [3.05, 3.63) is 29.8 Å². The molecule has 0 aromatic heterocycles. The van der Waals surface area contributed by atoms with Crippen molar-refractivity contribution >= 4 is 15.7 Å². The van der Waals surface area contributed by atoms with Crippen LogP contribution in [0, 0.1) is 0 Å². The first-order valence-electron chi connectivity index (χ1n) is 6.10. The van der Waals surface area contributed by atoms with Crippen LogP contribution in [0.1, 0.15) is 24.9 Å². The molecule has 2 unspecified atom stereocenters. The smallest absolute Gasteiger partial charge is 0.238 e. The topological polar surface area (TPSA) is 72.5 Å². The van der Waals surface area contributed by atoms with Crippen LogP contribution < -0.4 is 10.1 Å². The number of carbonyl (C=O) groups excluding carboxylic acids is 1. The van der Waals surface area contributed by atoms with Gasteiger partial charge in [-0.2, -0.15) is 0 Å². The van der Waals surface area contributed by atoms with Crippen LogP contribution in [-0.2, 0) is 14.6 Å². The van der Waals surface area contributed by atoms with Crippen LogP contribution in [0.5, 0.6) is 5.75 Å². The molecule has 1 aromatic rings. The van der Waals surface area contributed by atoms with E-state index in [0.29, 0.717) is 13.0 Å². The molecule has 0 saturated heterocycles. The van der Waals surface area contributed by atoms with Crippen LogP contribution in [-0.4, -0.2) is 32.4 Å². The second kappa shape index (κ2) is 5.21. The Morgan fingerprint density at radius 3 is 2.79 bits per heavy atom. The van der Waals surface area contributed by atoms with Gasteiger partial charge in [0.15, 0.2) is 9.84 Å². The van der Waals surface area contributed by atoms with E-state index in [-0.39, 0.29) is 6.04 Å². The lowest BCUT2D eigenvalue weighted by atomic mass is 10.0. The number of amides is 1. The van der Waals surface area contributed by atoms with Crippen molar-refractivity contribution in [2.24, 2.45) is 0 Å². The molecule has 1 aromatic carbocycles. The fraction of sp³-hybridized carbons (Fsp3) is 0.462. The molecule has 0 bridgehead atoms. The van der Waals surface area contributed by atoms with Crippen LogP contribution in [0.4, 0.5) is 0 Å². The monoisotopic (exact) mass is 283 g/mol. The predicted octanol–water partition coefficient (Wildman–Crippen LogP) is 1.06. The Labute approximate surface area is 112 Å². The SMILES string of the molecule is CC(C(=O)NC1CCOc2ccccc21)S(C)(=O)=O. The van der Waals surface area contributed by atoms with E-state index in [0.717, 1.165) is 17.6 Å². The average molecular weight is 283 g/mol. The quantitative estimate of drug-likeness (QED) is 0.900. The fourth-order valence-electron chi connectivity index (χ4n) is 1.98. The summed E-state index contributed by atoms with van der Waals surface area (Å²) in [5.41, 5.74) is 0.891. The first-order valence-corrected chi connectivity index (χ1v) is 8.06. The van der Waals surface area contributed by atoms with E-state index in [1.165, 1.54) is 6.92 Å². The van der Waals surface area contributed by atoms with Gasteiger partial charge in [0.1, 0.15) is 11.0 Å². The predicted molar refractivity (Wildman–Crippen MR) is 71.7 cm³/mol. The number of nitrogens with one attached hydrogen (secondary N) is 1. The van der Waals surface area contributed by atoms with Crippen molar-refractivity contribution in [1.82, 2.24) is 5.32 Å². The second-order valence-electron chi connectivity index (χ2n) is 4.71. The van der Waals surface area contributed by atoms with Gasteiger partial charge in [-0.05, 0) is 13.0 Å². The highest BCUT2D eigenvalue weighted by Gasteiger charge is 2.28. The first kappa shape index (κ1) is 13.9. The van der Waals surface area contributed by atoms with Crippen LogP contribution in [0.3, 0.4) is 0 Å². The molecule has 2 atom stereocenters. The zero-order chi connectivity index (χ0) is 14.0. The molecule has 104 valence electrons. The fourth-order valence-corrected chi connectivity index (χ4v) is 2.43. The summed E-state index contributed by atoms with van der Waals surface area (Å²) in [4.78, 5) is 11.9. The maximum absolute atomic E-state index is 11.9. The van der Waals surface area contributed by atoms with Gasteiger partial charge in [-0.15, -0.1) is 0 Å². The standard InChI is InChI=1S/C13H17NO4S/c1-9(19(2,16)17)13(15)14-11-7-8-18-12-6-4-3-5-10(11)12/h3-6,9,11H,7-8H2,1-2H3,(H,14,15). The third-order valence-electron chi connectivity index (χ3n) is 3.29. The molecule has 0 radical (unpaired) electrons. The van der Waals surface area contributed by atoms with E-state index in [9.17, 15) is 13.2 Å².